The second-order valence-electron chi connectivity index (χ2n) is 5.03. The van der Waals surface area contributed by atoms with Crippen LogP contribution in [0.25, 0.3) is 0 Å². The van der Waals surface area contributed by atoms with Crippen molar-refractivity contribution in [3.63, 3.8) is 0 Å². The number of carbonyl (C=O) groups excluding carboxylic acids is 2. The molecule has 114 valence electrons. The van der Waals surface area contributed by atoms with E-state index in [2.05, 4.69) is 4.74 Å². The van der Waals surface area contributed by atoms with Gasteiger partial charge < -0.3 is 9.64 Å². The van der Waals surface area contributed by atoms with Crippen LogP contribution in [-0.2, 0) is 9.53 Å². The lowest BCUT2D eigenvalue weighted by Gasteiger charge is -2.35. The fourth-order valence-electron chi connectivity index (χ4n) is 2.60. The first-order chi connectivity index (χ1) is 10.0. The highest BCUT2D eigenvalue weighted by Gasteiger charge is 2.32. The van der Waals surface area contributed by atoms with Gasteiger partial charge in [0.05, 0.1) is 13.5 Å². The highest BCUT2D eigenvalue weighted by Crippen LogP contribution is 2.24. The van der Waals surface area contributed by atoms with Crippen LogP contribution in [0.15, 0.2) is 18.2 Å². The summed E-state index contributed by atoms with van der Waals surface area (Å²) in [6, 6.07) is 2.94. The number of hydrogen-bond acceptors (Lipinski definition) is 3. The van der Waals surface area contributed by atoms with E-state index >= 15 is 0 Å². The molecule has 0 saturated carbocycles. The highest BCUT2D eigenvalue weighted by molar-refractivity contribution is 5.95. The van der Waals surface area contributed by atoms with Crippen LogP contribution in [-0.4, -0.2) is 36.5 Å². The van der Waals surface area contributed by atoms with Crippen molar-refractivity contribution in [1.82, 2.24) is 4.90 Å². The number of piperidine rings is 1. The van der Waals surface area contributed by atoms with E-state index in [1.54, 1.807) is 0 Å². The molecule has 1 saturated heterocycles. The second kappa shape index (κ2) is 6.65. The van der Waals surface area contributed by atoms with E-state index in [1.807, 2.05) is 0 Å². The number of esters is 1. The molecule has 2 rings (SSSR count). The molecule has 1 unspecified atom stereocenters. The quantitative estimate of drug-likeness (QED) is 0.805. The molecular weight excluding hydrogens is 280 g/mol. The van der Waals surface area contributed by atoms with Gasteiger partial charge >= 0.3 is 5.97 Å². The minimum Gasteiger partial charge on any atom is -0.469 e. The van der Waals surface area contributed by atoms with E-state index in [0.717, 1.165) is 25.0 Å². The zero-order chi connectivity index (χ0) is 15.4. The summed E-state index contributed by atoms with van der Waals surface area (Å²) in [6.07, 6.45) is 2.28. The fraction of sp³-hybridized carbons (Fsp3) is 0.467. The molecule has 1 aromatic carbocycles. The molecule has 1 aromatic rings. The summed E-state index contributed by atoms with van der Waals surface area (Å²) in [5.41, 5.74) is -0.561. The van der Waals surface area contributed by atoms with Gasteiger partial charge in [-0.05, 0) is 31.4 Å². The Kier molecular flexibility index (Phi) is 4.88. The molecule has 0 radical (unpaired) electrons. The zero-order valence-electron chi connectivity index (χ0n) is 11.8. The molecule has 1 fully saturated rings. The zero-order valence-corrected chi connectivity index (χ0v) is 11.8. The number of methoxy groups -OCH3 is 1. The summed E-state index contributed by atoms with van der Waals surface area (Å²) in [5, 5.41) is 0. The molecule has 1 aliphatic heterocycles. The Bertz CT molecular complexity index is 527. The lowest BCUT2D eigenvalue weighted by Crippen LogP contribution is -2.45. The molecule has 6 heteroatoms. The van der Waals surface area contributed by atoms with Crippen molar-refractivity contribution in [2.75, 3.05) is 13.7 Å². The van der Waals surface area contributed by atoms with E-state index in [-0.39, 0.29) is 12.5 Å². The van der Waals surface area contributed by atoms with E-state index in [0.29, 0.717) is 13.0 Å². The van der Waals surface area contributed by atoms with E-state index in [4.69, 9.17) is 0 Å². The number of likely N-dealkylation sites (tertiary alicyclic amines) is 1. The fourth-order valence-corrected chi connectivity index (χ4v) is 2.60. The minimum atomic E-state index is -0.887. The van der Waals surface area contributed by atoms with Gasteiger partial charge in [-0.1, -0.05) is 6.07 Å². The van der Waals surface area contributed by atoms with Crippen molar-refractivity contribution < 1.29 is 23.1 Å². The largest absolute Gasteiger partial charge is 0.469 e. The molecule has 0 spiro atoms. The van der Waals surface area contributed by atoms with Crippen molar-refractivity contribution >= 4 is 11.9 Å². The van der Waals surface area contributed by atoms with Crippen molar-refractivity contribution in [2.24, 2.45) is 0 Å². The number of carbonyl (C=O) groups is 2. The molecule has 0 bridgehead atoms. The van der Waals surface area contributed by atoms with Crippen LogP contribution < -0.4 is 0 Å². The molecule has 0 aliphatic carbocycles. The molecular formula is C15H17F2NO3. The summed E-state index contributed by atoms with van der Waals surface area (Å²) in [7, 11) is 1.27. The second-order valence-corrected chi connectivity index (χ2v) is 5.03. The predicted octanol–water partition coefficient (Wildman–Crippen LogP) is 2.52. The van der Waals surface area contributed by atoms with E-state index in [1.165, 1.54) is 18.1 Å². The third kappa shape index (κ3) is 3.37. The maximum Gasteiger partial charge on any atom is 0.307 e. The smallest absolute Gasteiger partial charge is 0.307 e. The van der Waals surface area contributed by atoms with Crippen LogP contribution in [0.4, 0.5) is 8.78 Å². The highest BCUT2D eigenvalue weighted by atomic mass is 19.1. The number of halogens is 2. The number of rotatable bonds is 3. The van der Waals surface area contributed by atoms with Gasteiger partial charge in [0.15, 0.2) is 0 Å². The number of nitrogens with zero attached hydrogens (tertiary/aromatic N) is 1. The van der Waals surface area contributed by atoms with Crippen molar-refractivity contribution in [2.45, 2.75) is 31.7 Å². The Morgan fingerprint density at radius 3 is 2.57 bits per heavy atom. The Morgan fingerprint density at radius 2 is 1.95 bits per heavy atom. The maximum absolute atomic E-state index is 13.7. The van der Waals surface area contributed by atoms with Gasteiger partial charge in [0.1, 0.15) is 17.2 Å². The first-order valence-electron chi connectivity index (χ1n) is 6.86. The summed E-state index contributed by atoms with van der Waals surface area (Å²) in [6.45, 7) is 0.383. The van der Waals surface area contributed by atoms with Crippen LogP contribution in [0.2, 0.25) is 0 Å². The SMILES string of the molecule is COC(=O)CC1CCCCN1C(=O)c1c(F)cccc1F. The van der Waals surface area contributed by atoms with Crippen molar-refractivity contribution in [3.8, 4) is 0 Å². The van der Waals surface area contributed by atoms with E-state index < -0.39 is 29.1 Å². The molecule has 0 N–H and O–H groups in total. The van der Waals surface area contributed by atoms with Gasteiger partial charge in [-0.25, -0.2) is 8.78 Å². The Labute approximate surface area is 121 Å². The van der Waals surface area contributed by atoms with Gasteiger partial charge in [0, 0.05) is 12.6 Å². The average molecular weight is 297 g/mol. The first kappa shape index (κ1) is 15.4. The first-order valence-corrected chi connectivity index (χ1v) is 6.86. The summed E-state index contributed by atoms with van der Waals surface area (Å²) in [5.74, 6) is -2.92. The molecule has 0 aromatic heterocycles. The number of hydrogen-bond donors (Lipinski definition) is 0. The normalized spacial score (nSPS) is 18.4. The minimum absolute atomic E-state index is 0.0400. The van der Waals surface area contributed by atoms with Crippen LogP contribution in [0.1, 0.15) is 36.0 Å². The molecule has 1 heterocycles. The summed E-state index contributed by atoms with van der Waals surface area (Å²) >= 11 is 0. The predicted molar refractivity (Wildman–Crippen MR) is 71.7 cm³/mol. The molecule has 21 heavy (non-hydrogen) atoms. The lowest BCUT2D eigenvalue weighted by atomic mass is 9.98. The Hall–Kier alpha value is -1.98. The van der Waals surface area contributed by atoms with Gasteiger partial charge in [0.25, 0.3) is 5.91 Å². The van der Waals surface area contributed by atoms with Crippen LogP contribution in [0, 0.1) is 11.6 Å². The molecule has 4 nitrogen and oxygen atoms in total. The number of benzene rings is 1. The van der Waals surface area contributed by atoms with Gasteiger partial charge in [-0.3, -0.25) is 9.59 Å². The van der Waals surface area contributed by atoms with Gasteiger partial charge in [0.2, 0.25) is 0 Å². The van der Waals surface area contributed by atoms with Gasteiger partial charge in [-0.2, -0.15) is 0 Å². The molecule has 1 amide bonds. The van der Waals surface area contributed by atoms with Crippen molar-refractivity contribution in [3.05, 3.63) is 35.4 Å². The van der Waals surface area contributed by atoms with Crippen LogP contribution >= 0.6 is 0 Å². The lowest BCUT2D eigenvalue weighted by molar-refractivity contribution is -0.142. The molecule has 1 atom stereocenters. The van der Waals surface area contributed by atoms with E-state index in [9.17, 15) is 18.4 Å². The van der Waals surface area contributed by atoms with Crippen LogP contribution in [0.5, 0.6) is 0 Å². The third-order valence-corrected chi connectivity index (χ3v) is 3.69. The Morgan fingerprint density at radius 1 is 1.29 bits per heavy atom. The van der Waals surface area contributed by atoms with Crippen molar-refractivity contribution in [1.29, 1.82) is 0 Å². The monoisotopic (exact) mass is 297 g/mol. The van der Waals surface area contributed by atoms with Gasteiger partial charge in [-0.15, -0.1) is 0 Å². The third-order valence-electron chi connectivity index (χ3n) is 3.69. The number of amides is 1. The molecule has 1 aliphatic rings. The summed E-state index contributed by atoms with van der Waals surface area (Å²) in [4.78, 5) is 25.2. The Balaban J connectivity index is 2.24. The maximum atomic E-state index is 13.7. The standard InChI is InChI=1S/C15H17F2NO3/c1-21-13(19)9-10-5-2-3-8-18(10)15(20)14-11(16)6-4-7-12(14)17/h4,6-7,10H,2-3,5,8-9H2,1H3. The average Bonchev–Trinajstić information content (AvgIpc) is 2.47. The van der Waals surface area contributed by atoms with Crippen LogP contribution in [0.3, 0.4) is 0 Å². The summed E-state index contributed by atoms with van der Waals surface area (Å²) < 4.78 is 32.1. The number of ether oxygens (including phenoxy) is 1. The topological polar surface area (TPSA) is 46.6 Å².